The van der Waals surface area contributed by atoms with E-state index in [-0.39, 0.29) is 12.4 Å². The Morgan fingerprint density at radius 2 is 2.00 bits per heavy atom. The first-order chi connectivity index (χ1) is 7.63. The van der Waals surface area contributed by atoms with Crippen molar-refractivity contribution in [2.24, 2.45) is 0 Å². The molecule has 0 aliphatic carbocycles. The van der Waals surface area contributed by atoms with Crippen molar-refractivity contribution in [1.29, 1.82) is 0 Å². The maximum Gasteiger partial charge on any atom is 0.337 e. The number of esters is 1. The van der Waals surface area contributed by atoms with Gasteiger partial charge in [-0.2, -0.15) is 0 Å². The lowest BCUT2D eigenvalue weighted by atomic mass is 10.2. The molecule has 1 aromatic carbocycles. The summed E-state index contributed by atoms with van der Waals surface area (Å²) >= 11 is 0. The van der Waals surface area contributed by atoms with Crippen molar-refractivity contribution in [3.05, 3.63) is 29.8 Å². The lowest BCUT2D eigenvalue weighted by Crippen LogP contribution is -2.13. The first-order valence-corrected chi connectivity index (χ1v) is 4.45. The van der Waals surface area contributed by atoms with E-state index >= 15 is 0 Å². The van der Waals surface area contributed by atoms with Crippen molar-refractivity contribution in [2.45, 2.75) is 6.61 Å². The molecule has 0 aliphatic heterocycles. The van der Waals surface area contributed by atoms with E-state index in [0.717, 1.165) is 0 Å². The number of hydrogen-bond acceptors (Lipinski definition) is 5. The number of ether oxygens (including phenoxy) is 2. The van der Waals surface area contributed by atoms with E-state index in [1.54, 1.807) is 18.2 Å². The summed E-state index contributed by atoms with van der Waals surface area (Å²) in [6, 6.07) is 6.47. The molecule has 0 heterocycles. The number of hydrogen-bond donors (Lipinski definition) is 1. The molecular weight excluding hydrogens is 211 g/mol. The van der Waals surface area contributed by atoms with Crippen LogP contribution in [0, 0.1) is 0 Å². The zero-order chi connectivity index (χ0) is 12.0. The van der Waals surface area contributed by atoms with Gasteiger partial charge in [0.25, 0.3) is 0 Å². The molecule has 2 radical (unpaired) electrons. The van der Waals surface area contributed by atoms with Crippen molar-refractivity contribution in [2.75, 3.05) is 6.61 Å². The van der Waals surface area contributed by atoms with Gasteiger partial charge in [-0.3, -0.25) is 4.79 Å². The van der Waals surface area contributed by atoms with Gasteiger partial charge in [0.05, 0.1) is 0 Å². The van der Waals surface area contributed by atoms with Gasteiger partial charge in [-0.25, -0.2) is 4.79 Å². The van der Waals surface area contributed by atoms with Crippen LogP contribution in [0.2, 0.25) is 0 Å². The fourth-order valence-corrected chi connectivity index (χ4v) is 1.03. The van der Waals surface area contributed by atoms with Crippen molar-refractivity contribution < 1.29 is 24.2 Å². The molecule has 0 bridgehead atoms. The number of aliphatic hydroxyl groups is 1. The average molecular weight is 220 g/mol. The van der Waals surface area contributed by atoms with Gasteiger partial charge in [0.2, 0.25) is 13.7 Å². The first kappa shape index (κ1) is 12.3. The predicted molar refractivity (Wildman–Crippen MR) is 55.1 cm³/mol. The second-order valence-electron chi connectivity index (χ2n) is 2.85. The summed E-state index contributed by atoms with van der Waals surface area (Å²) in [7, 11) is 4.81. The molecule has 0 saturated carbocycles. The highest BCUT2D eigenvalue weighted by atomic mass is 16.6. The third-order valence-corrected chi connectivity index (χ3v) is 1.70. The molecule has 16 heavy (non-hydrogen) atoms. The quantitative estimate of drug-likeness (QED) is 0.451. The second kappa shape index (κ2) is 5.92. The fourth-order valence-electron chi connectivity index (χ4n) is 1.03. The molecule has 1 rings (SSSR count). The van der Waals surface area contributed by atoms with E-state index in [1.165, 1.54) is 6.07 Å². The SMILES string of the molecule is [B]C(=O)OCc1ccccc1OC(=O)CO. The van der Waals surface area contributed by atoms with Crippen LogP contribution < -0.4 is 4.74 Å². The highest BCUT2D eigenvalue weighted by Gasteiger charge is 2.08. The fraction of sp³-hybridized carbons (Fsp3) is 0.200. The Morgan fingerprint density at radius 1 is 1.31 bits per heavy atom. The van der Waals surface area contributed by atoms with Crippen LogP contribution in [0.25, 0.3) is 0 Å². The Morgan fingerprint density at radius 3 is 2.62 bits per heavy atom. The first-order valence-electron chi connectivity index (χ1n) is 4.45. The highest BCUT2D eigenvalue weighted by Crippen LogP contribution is 2.18. The average Bonchev–Trinajstić information content (AvgIpc) is 2.27. The van der Waals surface area contributed by atoms with Crippen LogP contribution in [-0.2, 0) is 16.1 Å². The zero-order valence-electron chi connectivity index (χ0n) is 8.38. The standard InChI is InChI=1S/C10H9BO5/c11-10(14)15-6-7-3-1-2-4-8(7)16-9(13)5-12/h1-4,12H,5-6H2. The number of rotatable bonds is 4. The van der Waals surface area contributed by atoms with Crippen LogP contribution in [0.15, 0.2) is 24.3 Å². The Hall–Kier alpha value is -1.82. The molecular formula is C10H9BO5. The monoisotopic (exact) mass is 220 g/mol. The molecule has 0 atom stereocenters. The number of para-hydroxylation sites is 1. The summed E-state index contributed by atoms with van der Waals surface area (Å²) in [6.45, 7) is -0.810. The van der Waals surface area contributed by atoms with E-state index in [0.29, 0.717) is 5.56 Å². The van der Waals surface area contributed by atoms with Crippen LogP contribution in [0.4, 0.5) is 4.79 Å². The second-order valence-corrected chi connectivity index (χ2v) is 2.85. The van der Waals surface area contributed by atoms with Crippen LogP contribution in [-0.4, -0.2) is 31.4 Å². The van der Waals surface area contributed by atoms with Crippen LogP contribution in [0.3, 0.4) is 0 Å². The Bertz CT molecular complexity index is 391. The maximum absolute atomic E-state index is 10.9. The lowest BCUT2D eigenvalue weighted by Gasteiger charge is -2.08. The number of carbonyl (C=O) groups is 2. The van der Waals surface area contributed by atoms with Gasteiger partial charge in [-0.1, -0.05) is 18.2 Å². The number of aliphatic hydroxyl groups excluding tert-OH is 1. The van der Waals surface area contributed by atoms with Gasteiger partial charge >= 0.3 is 5.97 Å². The van der Waals surface area contributed by atoms with Crippen molar-refractivity contribution in [3.8, 4) is 5.75 Å². The molecule has 0 spiro atoms. The maximum atomic E-state index is 10.9. The minimum absolute atomic E-state index is 0.0930. The molecule has 0 amide bonds. The normalized spacial score (nSPS) is 9.56. The van der Waals surface area contributed by atoms with Crippen molar-refractivity contribution in [3.63, 3.8) is 0 Å². The molecule has 0 aliphatic rings. The smallest absolute Gasteiger partial charge is 0.337 e. The third kappa shape index (κ3) is 3.74. The number of benzene rings is 1. The summed E-state index contributed by atoms with van der Waals surface area (Å²) in [5.74, 6) is -1.47. The van der Waals surface area contributed by atoms with Crippen LogP contribution in [0.5, 0.6) is 5.75 Å². The van der Waals surface area contributed by atoms with Gasteiger partial charge < -0.3 is 14.6 Å². The van der Waals surface area contributed by atoms with Crippen molar-refractivity contribution in [1.82, 2.24) is 0 Å². The molecule has 6 heteroatoms. The minimum atomic E-state index is -0.914. The Labute approximate surface area is 93.4 Å². The molecule has 0 unspecified atom stereocenters. The predicted octanol–water partition coefficient (Wildman–Crippen LogP) is 0.389. The molecule has 0 fully saturated rings. The summed E-state index contributed by atoms with van der Waals surface area (Å²) in [5.41, 5.74) is 0.489. The van der Waals surface area contributed by atoms with E-state index in [9.17, 15) is 9.59 Å². The third-order valence-electron chi connectivity index (χ3n) is 1.70. The van der Waals surface area contributed by atoms with Gasteiger partial charge in [0, 0.05) is 5.56 Å². The summed E-state index contributed by atoms with van der Waals surface area (Å²) in [4.78, 5) is 21.3. The van der Waals surface area contributed by atoms with Gasteiger partial charge in [0.1, 0.15) is 19.0 Å². The number of carbonyl (C=O) groups excluding carboxylic acids is 2. The van der Waals surface area contributed by atoms with Crippen molar-refractivity contribution >= 4 is 19.7 Å². The topological polar surface area (TPSA) is 72.8 Å². The summed E-state index contributed by atoms with van der Waals surface area (Å²) in [6.07, 6.45) is 0. The Balaban J connectivity index is 2.74. The summed E-state index contributed by atoms with van der Waals surface area (Å²) in [5, 5.41) is 8.53. The van der Waals surface area contributed by atoms with Gasteiger partial charge in [-0.05, 0) is 6.07 Å². The molecule has 5 nitrogen and oxygen atoms in total. The van der Waals surface area contributed by atoms with E-state index in [1.807, 2.05) is 0 Å². The van der Waals surface area contributed by atoms with Crippen LogP contribution >= 0.6 is 0 Å². The van der Waals surface area contributed by atoms with Gasteiger partial charge in [0.15, 0.2) is 0 Å². The molecule has 0 aromatic heterocycles. The molecule has 0 saturated heterocycles. The molecule has 1 aromatic rings. The van der Waals surface area contributed by atoms with E-state index in [2.05, 4.69) is 4.74 Å². The van der Waals surface area contributed by atoms with Crippen LogP contribution in [0.1, 0.15) is 5.56 Å². The largest absolute Gasteiger partial charge is 0.470 e. The Kier molecular flexibility index (Phi) is 4.53. The van der Waals surface area contributed by atoms with Gasteiger partial charge in [-0.15, -0.1) is 0 Å². The van der Waals surface area contributed by atoms with E-state index < -0.39 is 18.4 Å². The zero-order valence-corrected chi connectivity index (χ0v) is 8.38. The molecule has 82 valence electrons. The minimum Gasteiger partial charge on any atom is -0.470 e. The lowest BCUT2D eigenvalue weighted by molar-refractivity contribution is -0.137. The highest BCUT2D eigenvalue weighted by molar-refractivity contribution is 6.55. The summed E-state index contributed by atoms with van der Waals surface area (Å²) < 4.78 is 9.37. The molecule has 1 N–H and O–H groups in total. The van der Waals surface area contributed by atoms with E-state index in [4.69, 9.17) is 17.7 Å².